The summed E-state index contributed by atoms with van der Waals surface area (Å²) in [6.45, 7) is 1.69. The van der Waals surface area contributed by atoms with E-state index in [1.807, 2.05) is 0 Å². The Morgan fingerprint density at radius 1 is 1.28 bits per heavy atom. The topological polar surface area (TPSA) is 114 Å². The van der Waals surface area contributed by atoms with Gasteiger partial charge in [-0.3, -0.25) is 14.9 Å². The highest BCUT2D eigenvalue weighted by molar-refractivity contribution is 6.00. The van der Waals surface area contributed by atoms with Crippen molar-refractivity contribution in [2.75, 3.05) is 23.7 Å². The van der Waals surface area contributed by atoms with Gasteiger partial charge in [0.2, 0.25) is 5.82 Å². The van der Waals surface area contributed by atoms with Crippen molar-refractivity contribution in [2.24, 2.45) is 11.8 Å². The molecule has 2 heterocycles. The Labute approximate surface area is 145 Å². The summed E-state index contributed by atoms with van der Waals surface area (Å²) in [7, 11) is 0. The first-order chi connectivity index (χ1) is 12.0. The fourth-order valence-corrected chi connectivity index (χ4v) is 4.14. The van der Waals surface area contributed by atoms with Crippen LogP contribution in [0.1, 0.15) is 48.9 Å². The number of piperidine rings is 1. The minimum atomic E-state index is -0.578. The summed E-state index contributed by atoms with van der Waals surface area (Å²) < 4.78 is 0. The highest BCUT2D eigenvalue weighted by Gasteiger charge is 2.46. The fraction of sp³-hybridized carbons (Fsp3) is 0.647. The lowest BCUT2D eigenvalue weighted by molar-refractivity contribution is -0.384. The van der Waals surface area contributed by atoms with Crippen molar-refractivity contribution < 1.29 is 9.72 Å². The summed E-state index contributed by atoms with van der Waals surface area (Å²) in [5.41, 5.74) is 5.75. The van der Waals surface area contributed by atoms with Gasteiger partial charge in [-0.1, -0.05) is 19.3 Å². The van der Waals surface area contributed by atoms with Crippen molar-refractivity contribution in [1.29, 1.82) is 0 Å². The van der Waals surface area contributed by atoms with Crippen LogP contribution >= 0.6 is 0 Å². The maximum atomic E-state index is 12.8. The molecule has 8 nitrogen and oxygen atoms in total. The number of hydrogen-bond donors (Lipinski definition) is 2. The number of rotatable bonds is 4. The second kappa shape index (κ2) is 6.16. The molecule has 1 aromatic heterocycles. The number of nitro groups is 1. The maximum absolute atomic E-state index is 12.8. The zero-order valence-electron chi connectivity index (χ0n) is 14.1. The Morgan fingerprint density at radius 2 is 1.96 bits per heavy atom. The van der Waals surface area contributed by atoms with Crippen LogP contribution in [-0.2, 0) is 0 Å². The monoisotopic (exact) mass is 345 g/mol. The van der Waals surface area contributed by atoms with Gasteiger partial charge < -0.3 is 16.0 Å². The van der Waals surface area contributed by atoms with Crippen LogP contribution in [0, 0.1) is 22.0 Å². The minimum absolute atomic E-state index is 0.130. The van der Waals surface area contributed by atoms with E-state index in [-0.39, 0.29) is 29.0 Å². The van der Waals surface area contributed by atoms with Crippen LogP contribution in [0.15, 0.2) is 6.07 Å². The van der Waals surface area contributed by atoms with Gasteiger partial charge in [0.05, 0.1) is 10.5 Å². The molecule has 3 N–H and O–H groups in total. The molecule has 1 amide bonds. The van der Waals surface area contributed by atoms with Crippen LogP contribution in [0.2, 0.25) is 0 Å². The van der Waals surface area contributed by atoms with E-state index in [9.17, 15) is 14.9 Å². The van der Waals surface area contributed by atoms with E-state index < -0.39 is 4.92 Å². The molecule has 2 unspecified atom stereocenters. The lowest BCUT2D eigenvalue weighted by atomic mass is 9.95. The van der Waals surface area contributed by atoms with Gasteiger partial charge in [-0.15, -0.1) is 0 Å². The molecule has 1 aromatic rings. The molecule has 2 atom stereocenters. The number of anilines is 2. The number of nitrogens with one attached hydrogen (secondary N) is 1. The molecule has 2 aliphatic carbocycles. The van der Waals surface area contributed by atoms with E-state index in [0.717, 1.165) is 38.8 Å². The predicted octanol–water partition coefficient (Wildman–Crippen LogP) is 2.09. The normalized spacial score (nSPS) is 25.5. The van der Waals surface area contributed by atoms with Crippen molar-refractivity contribution in [2.45, 2.75) is 44.6 Å². The zero-order chi connectivity index (χ0) is 17.6. The summed E-state index contributed by atoms with van der Waals surface area (Å²) in [6, 6.07) is 1.43. The summed E-state index contributed by atoms with van der Waals surface area (Å²) in [4.78, 5) is 29.8. The number of hydrogen-bond acceptors (Lipinski definition) is 6. The predicted molar refractivity (Wildman–Crippen MR) is 93.5 cm³/mol. The number of amides is 1. The van der Waals surface area contributed by atoms with Gasteiger partial charge >= 0.3 is 5.69 Å². The van der Waals surface area contributed by atoms with Gasteiger partial charge in [-0.25, -0.2) is 4.98 Å². The van der Waals surface area contributed by atoms with Gasteiger partial charge in [0.15, 0.2) is 0 Å². The van der Waals surface area contributed by atoms with Gasteiger partial charge in [0.1, 0.15) is 5.82 Å². The number of nitrogens with zero attached hydrogens (tertiary/aromatic N) is 3. The molecule has 3 aliphatic rings. The molecule has 2 saturated carbocycles. The summed E-state index contributed by atoms with van der Waals surface area (Å²) in [5.74, 6) is 1.40. The first-order valence-electron chi connectivity index (χ1n) is 9.03. The van der Waals surface area contributed by atoms with Gasteiger partial charge in [-0.05, 0) is 31.1 Å². The van der Waals surface area contributed by atoms with E-state index in [2.05, 4.69) is 15.2 Å². The van der Waals surface area contributed by atoms with Crippen LogP contribution in [0.3, 0.4) is 0 Å². The summed E-state index contributed by atoms with van der Waals surface area (Å²) in [5, 5.41) is 14.3. The van der Waals surface area contributed by atoms with Gasteiger partial charge in [0.25, 0.3) is 5.91 Å². The Balaban J connectivity index is 1.63. The molecule has 1 aliphatic heterocycles. The van der Waals surface area contributed by atoms with Crippen molar-refractivity contribution in [3.8, 4) is 0 Å². The van der Waals surface area contributed by atoms with Crippen molar-refractivity contribution in [1.82, 2.24) is 10.3 Å². The maximum Gasteiger partial charge on any atom is 0.312 e. The third-order valence-electron chi connectivity index (χ3n) is 5.67. The molecule has 0 radical (unpaired) electrons. The zero-order valence-corrected chi connectivity index (χ0v) is 14.1. The summed E-state index contributed by atoms with van der Waals surface area (Å²) >= 11 is 0. The van der Waals surface area contributed by atoms with E-state index in [0.29, 0.717) is 17.7 Å². The van der Waals surface area contributed by atoms with E-state index in [4.69, 9.17) is 5.73 Å². The molecule has 0 aromatic carbocycles. The van der Waals surface area contributed by atoms with E-state index >= 15 is 0 Å². The molecule has 3 fully saturated rings. The second-order valence-corrected chi connectivity index (χ2v) is 7.49. The second-order valence-electron chi connectivity index (χ2n) is 7.49. The fourth-order valence-electron chi connectivity index (χ4n) is 4.14. The quantitative estimate of drug-likeness (QED) is 0.638. The number of carbonyl (C=O) groups is 1. The Hall–Kier alpha value is -2.38. The third kappa shape index (κ3) is 3.12. The van der Waals surface area contributed by atoms with Crippen LogP contribution < -0.4 is 16.0 Å². The largest absolute Gasteiger partial charge is 0.378 e. The molecule has 0 bridgehead atoms. The Morgan fingerprint density at radius 3 is 2.60 bits per heavy atom. The number of fused-ring (bicyclic) bond motifs is 1. The lowest BCUT2D eigenvalue weighted by Crippen LogP contribution is -2.37. The van der Waals surface area contributed by atoms with E-state index in [1.165, 1.54) is 18.9 Å². The van der Waals surface area contributed by atoms with Crippen LogP contribution in [0.4, 0.5) is 17.3 Å². The molecule has 4 rings (SSSR count). The highest BCUT2D eigenvalue weighted by atomic mass is 16.6. The van der Waals surface area contributed by atoms with Crippen molar-refractivity contribution in [3.05, 3.63) is 21.7 Å². The SMILES string of the molecule is Nc1nc(N2CC3CC3C2)c(C(=O)NC2CCCCC2)cc1[N+](=O)[O-]. The smallest absolute Gasteiger partial charge is 0.312 e. The average Bonchev–Trinajstić information content (AvgIpc) is 3.20. The summed E-state index contributed by atoms with van der Waals surface area (Å²) in [6.07, 6.45) is 6.55. The van der Waals surface area contributed by atoms with Crippen LogP contribution in [-0.4, -0.2) is 34.9 Å². The number of pyridine rings is 1. The van der Waals surface area contributed by atoms with Crippen LogP contribution in [0.5, 0.6) is 0 Å². The standard InChI is InChI=1S/C17H23N5O3/c18-15-14(22(24)25)7-13(17(23)19-12-4-2-1-3-5-12)16(20-15)21-8-10-6-11(10)9-21/h7,10-12H,1-6,8-9H2,(H2,18,20)(H,19,23). The number of aromatic nitrogens is 1. The minimum Gasteiger partial charge on any atom is -0.378 e. The molecule has 134 valence electrons. The van der Waals surface area contributed by atoms with Gasteiger partial charge in [-0.2, -0.15) is 0 Å². The molecular weight excluding hydrogens is 322 g/mol. The number of nitrogens with two attached hydrogens (primary N) is 1. The third-order valence-corrected chi connectivity index (χ3v) is 5.67. The highest BCUT2D eigenvalue weighted by Crippen LogP contribution is 2.46. The number of nitrogen functional groups attached to an aromatic ring is 1. The average molecular weight is 345 g/mol. The molecule has 25 heavy (non-hydrogen) atoms. The Kier molecular flexibility index (Phi) is 3.97. The van der Waals surface area contributed by atoms with Crippen molar-refractivity contribution >= 4 is 23.2 Å². The van der Waals surface area contributed by atoms with Gasteiger partial charge in [0, 0.05) is 25.2 Å². The van der Waals surface area contributed by atoms with Crippen molar-refractivity contribution in [3.63, 3.8) is 0 Å². The lowest BCUT2D eigenvalue weighted by Gasteiger charge is -2.25. The first-order valence-corrected chi connectivity index (χ1v) is 9.03. The van der Waals surface area contributed by atoms with E-state index in [1.54, 1.807) is 0 Å². The van der Waals surface area contributed by atoms with Crippen LogP contribution in [0.25, 0.3) is 0 Å². The number of carbonyl (C=O) groups excluding carboxylic acids is 1. The Bertz CT molecular complexity index is 706. The molecule has 0 spiro atoms. The molecule has 1 saturated heterocycles. The first kappa shape index (κ1) is 16.1. The molecular formula is C17H23N5O3. The molecule has 8 heteroatoms.